The van der Waals surface area contributed by atoms with Crippen molar-refractivity contribution in [3.8, 4) is 11.1 Å². The van der Waals surface area contributed by atoms with Crippen LogP contribution in [0.3, 0.4) is 0 Å². The highest BCUT2D eigenvalue weighted by molar-refractivity contribution is 6.82. The molecule has 2 heteroatoms. The molecule has 3 aliphatic rings. The fourth-order valence-corrected chi connectivity index (χ4v) is 15.7. The van der Waals surface area contributed by atoms with Crippen LogP contribution in [0.1, 0.15) is 82.0 Å². The van der Waals surface area contributed by atoms with Gasteiger partial charge in [-0.05, 0) is 90.3 Å². The number of fused-ring (bicyclic) bond motifs is 4. The molecule has 5 unspecified atom stereocenters. The van der Waals surface area contributed by atoms with Gasteiger partial charge in [0.1, 0.15) is 0 Å². The topological polar surface area (TPSA) is 9.23 Å². The maximum absolute atomic E-state index is 6.03. The van der Waals surface area contributed by atoms with E-state index in [0.717, 1.165) is 18.1 Å². The Morgan fingerprint density at radius 3 is 2.07 bits per heavy atom. The Morgan fingerprint density at radius 2 is 1.40 bits per heavy atom. The summed E-state index contributed by atoms with van der Waals surface area (Å²) in [5.41, 5.74) is 10.5. The first-order chi connectivity index (χ1) is 20.3. The number of hydrogen-bond acceptors (Lipinski definition) is 1. The van der Waals surface area contributed by atoms with Gasteiger partial charge in [-0.2, -0.15) is 0 Å². The molecule has 0 heterocycles. The van der Waals surface area contributed by atoms with Crippen LogP contribution < -0.4 is 0 Å². The van der Waals surface area contributed by atoms with Gasteiger partial charge in [0.05, 0.1) is 13.7 Å². The molecule has 6 rings (SSSR count). The minimum Gasteiger partial charge on any atom is -0.376 e. The zero-order valence-electron chi connectivity index (χ0n) is 26.5. The van der Waals surface area contributed by atoms with E-state index in [1.54, 1.807) is 16.7 Å². The zero-order valence-corrected chi connectivity index (χ0v) is 27.5. The number of benzene rings is 3. The molecule has 0 saturated heterocycles. The lowest BCUT2D eigenvalue weighted by Gasteiger charge is -2.45. The summed E-state index contributed by atoms with van der Waals surface area (Å²) in [5, 5.41) is 0. The van der Waals surface area contributed by atoms with Crippen molar-refractivity contribution in [1.82, 2.24) is 0 Å². The molecule has 0 amide bonds. The van der Waals surface area contributed by atoms with Crippen LogP contribution in [-0.4, -0.2) is 20.3 Å². The Bertz CT molecular complexity index is 1380. The molecule has 3 aliphatic carbocycles. The van der Waals surface area contributed by atoms with Gasteiger partial charge in [-0.15, -0.1) is 0 Å². The van der Waals surface area contributed by atoms with Gasteiger partial charge in [0.15, 0.2) is 0 Å². The van der Waals surface area contributed by atoms with Crippen molar-refractivity contribution < 1.29 is 4.74 Å². The molecular weight excluding hydrogens is 525 g/mol. The molecule has 0 N–H and O–H groups in total. The Morgan fingerprint density at radius 1 is 0.786 bits per heavy atom. The van der Waals surface area contributed by atoms with E-state index in [1.165, 1.54) is 54.8 Å². The van der Waals surface area contributed by atoms with Crippen LogP contribution >= 0.6 is 0 Å². The summed E-state index contributed by atoms with van der Waals surface area (Å²) in [6.07, 6.45) is 13.8. The van der Waals surface area contributed by atoms with Crippen molar-refractivity contribution in [3.63, 3.8) is 0 Å². The number of rotatable bonds is 10. The highest BCUT2D eigenvalue weighted by Crippen LogP contribution is 2.63. The molecule has 0 radical (unpaired) electrons. The fourth-order valence-electron chi connectivity index (χ4n) is 9.07. The Hall–Kier alpha value is -2.68. The Kier molecular flexibility index (Phi) is 8.49. The van der Waals surface area contributed by atoms with Gasteiger partial charge in [-0.3, -0.25) is 0 Å². The molecular formula is C40H50OSi. The molecule has 1 saturated carbocycles. The van der Waals surface area contributed by atoms with Crippen LogP contribution in [0, 0.1) is 17.8 Å². The standard InChI is InChI=1S/C40H50OSi/c1-29-28-37-31(30-18-9-8-10-19-30)24-17-25-36(37)38(29)42(5,27-16-7-6-15-26-41-40(2,3)4)39-34-22-13-11-20-32(34)33-21-12-14-23-35(33)39/h8-14,17-25,29,36-39H,6-7,15-16,26-28H2,1-5H3. The van der Waals surface area contributed by atoms with E-state index in [2.05, 4.69) is 131 Å². The lowest BCUT2D eigenvalue weighted by atomic mass is 9.81. The van der Waals surface area contributed by atoms with Gasteiger partial charge in [0.2, 0.25) is 0 Å². The smallest absolute Gasteiger partial charge is 0.0674 e. The highest BCUT2D eigenvalue weighted by atomic mass is 28.3. The molecule has 0 spiro atoms. The van der Waals surface area contributed by atoms with Gasteiger partial charge < -0.3 is 4.74 Å². The second kappa shape index (κ2) is 12.1. The maximum Gasteiger partial charge on any atom is 0.0674 e. The minimum absolute atomic E-state index is 0.0372. The van der Waals surface area contributed by atoms with Gasteiger partial charge in [-0.25, -0.2) is 0 Å². The van der Waals surface area contributed by atoms with Crippen LogP contribution in [0.2, 0.25) is 18.1 Å². The summed E-state index contributed by atoms with van der Waals surface area (Å²) in [7, 11) is -1.90. The molecule has 220 valence electrons. The third-order valence-corrected chi connectivity index (χ3v) is 16.5. The van der Waals surface area contributed by atoms with E-state index in [1.807, 2.05) is 0 Å². The summed E-state index contributed by atoms with van der Waals surface area (Å²) in [6.45, 7) is 12.8. The predicted octanol–water partition coefficient (Wildman–Crippen LogP) is 11.1. The molecule has 42 heavy (non-hydrogen) atoms. The van der Waals surface area contributed by atoms with Crippen LogP contribution in [0.15, 0.2) is 97.1 Å². The summed E-state index contributed by atoms with van der Waals surface area (Å²) in [4.78, 5) is 0. The Balaban J connectivity index is 1.32. The van der Waals surface area contributed by atoms with Crippen LogP contribution in [0.25, 0.3) is 16.7 Å². The van der Waals surface area contributed by atoms with Crippen molar-refractivity contribution in [2.45, 2.75) is 89.1 Å². The number of hydrogen-bond donors (Lipinski definition) is 0. The molecule has 0 bridgehead atoms. The van der Waals surface area contributed by atoms with E-state index < -0.39 is 8.07 Å². The first-order valence-corrected chi connectivity index (χ1v) is 19.4. The molecule has 0 aliphatic heterocycles. The van der Waals surface area contributed by atoms with E-state index in [9.17, 15) is 0 Å². The molecule has 0 aromatic heterocycles. The number of unbranched alkanes of at least 4 members (excludes halogenated alkanes) is 3. The molecule has 3 aromatic carbocycles. The fraction of sp³-hybridized carbons (Fsp3) is 0.450. The maximum atomic E-state index is 6.03. The van der Waals surface area contributed by atoms with Gasteiger partial charge in [0.25, 0.3) is 0 Å². The quantitative estimate of drug-likeness (QED) is 0.173. The van der Waals surface area contributed by atoms with Crippen molar-refractivity contribution >= 4 is 13.6 Å². The van der Waals surface area contributed by atoms with E-state index in [4.69, 9.17) is 4.74 Å². The first-order valence-electron chi connectivity index (χ1n) is 16.5. The average Bonchev–Trinajstić information content (AvgIpc) is 3.51. The van der Waals surface area contributed by atoms with Crippen LogP contribution in [0.4, 0.5) is 0 Å². The van der Waals surface area contributed by atoms with Gasteiger partial charge in [0, 0.05) is 12.1 Å². The number of allylic oxidation sites excluding steroid dienone is 4. The largest absolute Gasteiger partial charge is 0.376 e. The van der Waals surface area contributed by atoms with Gasteiger partial charge >= 0.3 is 0 Å². The lowest BCUT2D eigenvalue weighted by Crippen LogP contribution is -2.47. The molecule has 3 aromatic rings. The first kappa shape index (κ1) is 29.4. The van der Waals surface area contributed by atoms with Gasteiger partial charge in [-0.1, -0.05) is 136 Å². The second-order valence-electron chi connectivity index (χ2n) is 14.5. The third kappa shape index (κ3) is 5.65. The van der Waals surface area contributed by atoms with Crippen LogP contribution in [-0.2, 0) is 4.74 Å². The monoisotopic (exact) mass is 574 g/mol. The second-order valence-corrected chi connectivity index (χ2v) is 19.3. The van der Waals surface area contributed by atoms with Crippen molar-refractivity contribution in [2.24, 2.45) is 17.8 Å². The number of ether oxygens (including phenoxy) is 1. The van der Waals surface area contributed by atoms with E-state index in [0.29, 0.717) is 17.4 Å². The average molecular weight is 575 g/mol. The van der Waals surface area contributed by atoms with Crippen molar-refractivity contribution in [3.05, 3.63) is 114 Å². The predicted molar refractivity (Wildman–Crippen MR) is 182 cm³/mol. The normalized spacial score (nSPS) is 24.5. The summed E-state index contributed by atoms with van der Waals surface area (Å²) >= 11 is 0. The van der Waals surface area contributed by atoms with E-state index in [-0.39, 0.29) is 5.60 Å². The van der Waals surface area contributed by atoms with Crippen molar-refractivity contribution in [2.75, 3.05) is 6.61 Å². The molecule has 1 nitrogen and oxygen atoms in total. The molecule has 5 atom stereocenters. The summed E-state index contributed by atoms with van der Waals surface area (Å²) in [6, 6.07) is 31.4. The summed E-state index contributed by atoms with van der Waals surface area (Å²) in [5.74, 6) is 1.99. The summed E-state index contributed by atoms with van der Waals surface area (Å²) < 4.78 is 6.03. The third-order valence-electron chi connectivity index (χ3n) is 10.6. The SMILES string of the molecule is CC1CC2C(c3ccccc3)=CC=CC2C1[Si](C)(CCCCCCOC(C)(C)C)C1c2ccccc2-c2ccccc21. The lowest BCUT2D eigenvalue weighted by molar-refractivity contribution is -0.00471. The van der Waals surface area contributed by atoms with E-state index >= 15 is 0 Å². The Labute approximate surface area is 256 Å². The minimum atomic E-state index is -1.90. The van der Waals surface area contributed by atoms with Crippen molar-refractivity contribution in [1.29, 1.82) is 0 Å². The zero-order chi connectivity index (χ0) is 29.3. The highest BCUT2D eigenvalue weighted by Gasteiger charge is 2.56. The van der Waals surface area contributed by atoms with Crippen LogP contribution in [0.5, 0.6) is 0 Å². The molecule has 1 fully saturated rings.